The first-order valence-corrected chi connectivity index (χ1v) is 10.6. The zero-order valence-electron chi connectivity index (χ0n) is 17.9. The molecule has 8 heteroatoms. The number of benzene rings is 1. The van der Waals surface area contributed by atoms with Crippen LogP contribution in [-0.4, -0.2) is 42.5 Å². The first-order chi connectivity index (χ1) is 14.2. The van der Waals surface area contributed by atoms with Crippen LogP contribution >= 0.6 is 11.3 Å². The van der Waals surface area contributed by atoms with Crippen LogP contribution in [0.1, 0.15) is 44.0 Å². The fourth-order valence-corrected chi connectivity index (χ4v) is 3.99. The van der Waals surface area contributed by atoms with E-state index in [1.165, 1.54) is 11.3 Å². The van der Waals surface area contributed by atoms with E-state index in [2.05, 4.69) is 31.1 Å². The van der Waals surface area contributed by atoms with Gasteiger partial charge in [0.15, 0.2) is 16.6 Å². The SMILES string of the molecule is COc1cc2c(cc1OC)CC(=O)N(CCC(=O)Nc1nc(C(C)(C)C)cs1)C=C2. The number of aromatic nitrogens is 1. The molecule has 0 fully saturated rings. The molecule has 2 aromatic rings. The molecule has 0 radical (unpaired) electrons. The summed E-state index contributed by atoms with van der Waals surface area (Å²) in [5.74, 6) is 0.952. The van der Waals surface area contributed by atoms with Crippen LogP contribution in [0.4, 0.5) is 5.13 Å². The minimum Gasteiger partial charge on any atom is -0.493 e. The van der Waals surface area contributed by atoms with Gasteiger partial charge in [-0.15, -0.1) is 11.3 Å². The van der Waals surface area contributed by atoms with Crippen LogP contribution in [0.2, 0.25) is 0 Å². The number of nitrogens with one attached hydrogen (secondary N) is 1. The highest BCUT2D eigenvalue weighted by Gasteiger charge is 2.21. The van der Waals surface area contributed by atoms with Crippen LogP contribution < -0.4 is 14.8 Å². The maximum absolute atomic E-state index is 12.7. The van der Waals surface area contributed by atoms with E-state index in [-0.39, 0.29) is 30.1 Å². The minimum atomic E-state index is -0.170. The molecule has 0 saturated carbocycles. The number of carbonyl (C=O) groups is 2. The molecule has 0 spiro atoms. The van der Waals surface area contributed by atoms with Crippen molar-refractivity contribution in [1.29, 1.82) is 0 Å². The number of methoxy groups -OCH3 is 2. The number of thiazole rings is 1. The molecule has 7 nitrogen and oxygen atoms in total. The molecule has 1 aliphatic rings. The molecule has 1 N–H and O–H groups in total. The van der Waals surface area contributed by atoms with Gasteiger partial charge in [-0.25, -0.2) is 4.98 Å². The molecule has 1 aliphatic heterocycles. The second-order valence-electron chi connectivity index (χ2n) is 8.07. The number of nitrogens with zero attached hydrogens (tertiary/aromatic N) is 2. The van der Waals surface area contributed by atoms with E-state index >= 15 is 0 Å². The van der Waals surface area contributed by atoms with Gasteiger partial charge in [-0.05, 0) is 29.3 Å². The molecule has 2 amide bonds. The van der Waals surface area contributed by atoms with Crippen LogP contribution in [0.25, 0.3) is 6.08 Å². The molecule has 0 bridgehead atoms. The van der Waals surface area contributed by atoms with E-state index in [4.69, 9.17) is 9.47 Å². The molecule has 0 atom stereocenters. The van der Waals surface area contributed by atoms with Gasteiger partial charge in [-0.1, -0.05) is 20.8 Å². The third-order valence-corrected chi connectivity index (χ3v) is 5.60. The molecule has 3 rings (SSSR count). The largest absolute Gasteiger partial charge is 0.493 e. The molecular weight excluding hydrogens is 402 g/mol. The maximum atomic E-state index is 12.7. The Hall–Kier alpha value is -2.87. The summed E-state index contributed by atoms with van der Waals surface area (Å²) < 4.78 is 10.7. The van der Waals surface area contributed by atoms with Crippen molar-refractivity contribution in [2.45, 2.75) is 39.0 Å². The lowest BCUT2D eigenvalue weighted by molar-refractivity contribution is -0.128. The Morgan fingerprint density at radius 1 is 1.23 bits per heavy atom. The molecule has 160 valence electrons. The lowest BCUT2D eigenvalue weighted by atomic mass is 9.93. The van der Waals surface area contributed by atoms with Gasteiger partial charge in [-0.3, -0.25) is 9.59 Å². The highest BCUT2D eigenvalue weighted by atomic mass is 32.1. The van der Waals surface area contributed by atoms with Crippen molar-refractivity contribution in [1.82, 2.24) is 9.88 Å². The highest BCUT2D eigenvalue weighted by Crippen LogP contribution is 2.33. The molecule has 0 saturated heterocycles. The average molecular weight is 430 g/mol. The zero-order valence-corrected chi connectivity index (χ0v) is 18.8. The number of amides is 2. The monoisotopic (exact) mass is 429 g/mol. The predicted molar refractivity (Wildman–Crippen MR) is 118 cm³/mol. The quantitative estimate of drug-likeness (QED) is 0.755. The number of carbonyl (C=O) groups excluding carboxylic acids is 2. The van der Waals surface area contributed by atoms with Gasteiger partial charge in [0.2, 0.25) is 11.8 Å². The van der Waals surface area contributed by atoms with E-state index in [9.17, 15) is 9.59 Å². The summed E-state index contributed by atoms with van der Waals surface area (Å²) in [6.07, 6.45) is 3.99. The van der Waals surface area contributed by atoms with Crippen LogP contribution in [0.5, 0.6) is 11.5 Å². The van der Waals surface area contributed by atoms with Crippen molar-refractivity contribution in [3.63, 3.8) is 0 Å². The Labute approximate surface area is 180 Å². The number of ether oxygens (including phenoxy) is 2. The summed E-state index contributed by atoms with van der Waals surface area (Å²) in [5, 5.41) is 5.36. The second kappa shape index (κ2) is 8.87. The van der Waals surface area contributed by atoms with Crippen LogP contribution in [0.15, 0.2) is 23.7 Å². The smallest absolute Gasteiger partial charge is 0.230 e. The Kier molecular flexibility index (Phi) is 6.45. The topological polar surface area (TPSA) is 80.8 Å². The standard InChI is InChI=1S/C22H27N3O4S/c1-22(2,3)18-13-30-21(23-18)24-19(26)7-9-25-8-6-14-10-16(28-4)17(29-5)11-15(14)12-20(25)27/h6,8,10-11,13H,7,9,12H2,1-5H3,(H,23,24,26). The lowest BCUT2D eigenvalue weighted by Crippen LogP contribution is -2.30. The van der Waals surface area contributed by atoms with E-state index in [1.54, 1.807) is 25.3 Å². The van der Waals surface area contributed by atoms with Crippen LogP contribution in [0, 0.1) is 0 Å². The van der Waals surface area contributed by atoms with E-state index in [0.717, 1.165) is 16.8 Å². The number of fused-ring (bicyclic) bond motifs is 1. The fourth-order valence-electron chi connectivity index (χ4n) is 3.04. The Balaban J connectivity index is 1.62. The van der Waals surface area contributed by atoms with Crippen molar-refractivity contribution in [2.24, 2.45) is 0 Å². The third kappa shape index (κ3) is 4.99. The van der Waals surface area contributed by atoms with Gasteiger partial charge in [-0.2, -0.15) is 0 Å². The van der Waals surface area contributed by atoms with Gasteiger partial charge >= 0.3 is 0 Å². The molecular formula is C22H27N3O4S. The molecule has 1 aromatic carbocycles. The first-order valence-electron chi connectivity index (χ1n) is 9.69. The van der Waals surface area contributed by atoms with Gasteiger partial charge in [0, 0.05) is 30.0 Å². The molecule has 30 heavy (non-hydrogen) atoms. The summed E-state index contributed by atoms with van der Waals surface area (Å²) in [6.45, 7) is 6.53. The predicted octanol–water partition coefficient (Wildman–Crippen LogP) is 3.84. The molecule has 0 aliphatic carbocycles. The minimum absolute atomic E-state index is 0.0664. The summed E-state index contributed by atoms with van der Waals surface area (Å²) in [5.41, 5.74) is 2.63. The van der Waals surface area contributed by atoms with Crippen molar-refractivity contribution in [3.8, 4) is 11.5 Å². The zero-order chi connectivity index (χ0) is 21.9. The summed E-state index contributed by atoms with van der Waals surface area (Å²) in [4.78, 5) is 31.1. The number of anilines is 1. The summed E-state index contributed by atoms with van der Waals surface area (Å²) in [7, 11) is 3.14. The van der Waals surface area contributed by atoms with Crippen molar-refractivity contribution in [2.75, 3.05) is 26.1 Å². The highest BCUT2D eigenvalue weighted by molar-refractivity contribution is 7.13. The Morgan fingerprint density at radius 2 is 1.93 bits per heavy atom. The lowest BCUT2D eigenvalue weighted by Gasteiger charge is -2.17. The number of hydrogen-bond donors (Lipinski definition) is 1. The van der Waals surface area contributed by atoms with Gasteiger partial charge in [0.1, 0.15) is 0 Å². The van der Waals surface area contributed by atoms with E-state index < -0.39 is 0 Å². The molecule has 1 aromatic heterocycles. The second-order valence-corrected chi connectivity index (χ2v) is 8.93. The van der Waals surface area contributed by atoms with Gasteiger partial charge in [0.05, 0.1) is 26.3 Å². The molecule has 2 heterocycles. The number of hydrogen-bond acceptors (Lipinski definition) is 6. The summed E-state index contributed by atoms with van der Waals surface area (Å²) in [6, 6.07) is 3.67. The Bertz CT molecular complexity index is 975. The van der Waals surface area contributed by atoms with E-state index in [0.29, 0.717) is 23.2 Å². The first kappa shape index (κ1) is 21.8. The Morgan fingerprint density at radius 3 is 2.57 bits per heavy atom. The molecule has 0 unspecified atom stereocenters. The normalized spacial score (nSPS) is 13.6. The van der Waals surface area contributed by atoms with Crippen LogP contribution in [-0.2, 0) is 21.4 Å². The fraction of sp³-hybridized carbons (Fsp3) is 0.409. The van der Waals surface area contributed by atoms with Crippen molar-refractivity contribution >= 4 is 34.4 Å². The van der Waals surface area contributed by atoms with Crippen molar-refractivity contribution in [3.05, 3.63) is 40.5 Å². The van der Waals surface area contributed by atoms with Crippen molar-refractivity contribution < 1.29 is 19.1 Å². The van der Waals surface area contributed by atoms with Crippen LogP contribution in [0.3, 0.4) is 0 Å². The average Bonchev–Trinajstić information content (AvgIpc) is 3.11. The summed E-state index contributed by atoms with van der Waals surface area (Å²) >= 11 is 1.41. The third-order valence-electron chi connectivity index (χ3n) is 4.84. The number of rotatable bonds is 6. The van der Waals surface area contributed by atoms with Gasteiger partial charge in [0.25, 0.3) is 0 Å². The van der Waals surface area contributed by atoms with Gasteiger partial charge < -0.3 is 19.7 Å². The maximum Gasteiger partial charge on any atom is 0.230 e. The van der Waals surface area contributed by atoms with E-state index in [1.807, 2.05) is 23.6 Å².